The number of carbonyl (C=O) groups excluding carboxylic acids is 1. The quantitative estimate of drug-likeness (QED) is 0.582. The zero-order chi connectivity index (χ0) is 21.1. The minimum atomic E-state index is -3.68. The average Bonchev–Trinajstić information content (AvgIpc) is 3.34. The predicted molar refractivity (Wildman–Crippen MR) is 118 cm³/mol. The molecule has 3 aromatic rings. The van der Waals surface area contributed by atoms with Crippen LogP contribution in [0.4, 0.5) is 0 Å². The SMILES string of the molecule is NS(=O)(=O)c1ccc(CCNC(=O)CN2CCC[C@@H]2c2nc3ccccc3s2)cc1. The largest absolute Gasteiger partial charge is 0.355 e. The van der Waals surface area contributed by atoms with Gasteiger partial charge in [-0.05, 0) is 55.6 Å². The molecule has 158 valence electrons. The van der Waals surface area contributed by atoms with E-state index in [4.69, 9.17) is 10.1 Å². The summed E-state index contributed by atoms with van der Waals surface area (Å²) in [6.45, 7) is 1.74. The molecule has 2 aromatic carbocycles. The van der Waals surface area contributed by atoms with Gasteiger partial charge < -0.3 is 5.32 Å². The van der Waals surface area contributed by atoms with E-state index in [9.17, 15) is 13.2 Å². The number of primary sulfonamides is 1. The van der Waals surface area contributed by atoms with Gasteiger partial charge in [0.15, 0.2) is 0 Å². The first kappa shape index (κ1) is 20.9. The van der Waals surface area contributed by atoms with Crippen molar-refractivity contribution in [2.75, 3.05) is 19.6 Å². The third kappa shape index (κ3) is 4.86. The topological polar surface area (TPSA) is 105 Å². The van der Waals surface area contributed by atoms with E-state index < -0.39 is 10.0 Å². The number of carbonyl (C=O) groups is 1. The number of amides is 1. The molecule has 1 aromatic heterocycles. The van der Waals surface area contributed by atoms with Gasteiger partial charge in [0.1, 0.15) is 5.01 Å². The molecule has 4 rings (SSSR count). The summed E-state index contributed by atoms with van der Waals surface area (Å²) in [6.07, 6.45) is 2.70. The van der Waals surface area contributed by atoms with Crippen LogP contribution in [0.1, 0.15) is 29.5 Å². The molecule has 0 saturated carbocycles. The number of hydrogen-bond donors (Lipinski definition) is 2. The molecule has 1 amide bonds. The molecule has 1 aliphatic heterocycles. The molecule has 0 spiro atoms. The third-order valence-electron chi connectivity index (χ3n) is 5.29. The van der Waals surface area contributed by atoms with Gasteiger partial charge in [-0.15, -0.1) is 11.3 Å². The van der Waals surface area contributed by atoms with E-state index in [1.54, 1.807) is 23.5 Å². The second kappa shape index (κ2) is 8.81. The third-order valence-corrected chi connectivity index (χ3v) is 7.36. The first-order valence-corrected chi connectivity index (χ1v) is 12.2. The average molecular weight is 445 g/mol. The van der Waals surface area contributed by atoms with Crippen LogP contribution in [0, 0.1) is 0 Å². The highest BCUT2D eigenvalue weighted by molar-refractivity contribution is 7.89. The maximum absolute atomic E-state index is 12.5. The van der Waals surface area contributed by atoms with Crippen LogP contribution in [0.2, 0.25) is 0 Å². The van der Waals surface area contributed by atoms with Crippen molar-refractivity contribution in [2.45, 2.75) is 30.2 Å². The normalized spacial score (nSPS) is 17.4. The molecule has 0 unspecified atom stereocenters. The van der Waals surface area contributed by atoms with Crippen LogP contribution in [0.5, 0.6) is 0 Å². The second-order valence-corrected chi connectivity index (χ2v) is 10.1. The number of likely N-dealkylation sites (tertiary alicyclic amines) is 1. The predicted octanol–water partition coefficient (Wildman–Crippen LogP) is 2.44. The second-order valence-electron chi connectivity index (χ2n) is 7.44. The number of para-hydroxylation sites is 1. The lowest BCUT2D eigenvalue weighted by molar-refractivity contribution is -0.122. The molecular formula is C21H24N4O3S2. The monoisotopic (exact) mass is 444 g/mol. The first-order chi connectivity index (χ1) is 14.4. The lowest BCUT2D eigenvalue weighted by atomic mass is 10.1. The summed E-state index contributed by atoms with van der Waals surface area (Å²) < 4.78 is 23.8. The van der Waals surface area contributed by atoms with Crippen LogP contribution in [0.15, 0.2) is 53.4 Å². The summed E-state index contributed by atoms with van der Waals surface area (Å²) in [4.78, 5) is 19.5. The lowest BCUT2D eigenvalue weighted by Crippen LogP contribution is -2.37. The first-order valence-electron chi connectivity index (χ1n) is 9.88. The van der Waals surface area contributed by atoms with Gasteiger partial charge in [-0.3, -0.25) is 9.69 Å². The molecular weight excluding hydrogens is 420 g/mol. The Morgan fingerprint density at radius 1 is 1.20 bits per heavy atom. The molecule has 3 N–H and O–H groups in total. The van der Waals surface area contributed by atoms with E-state index in [2.05, 4.69) is 16.3 Å². The molecule has 1 aliphatic rings. The van der Waals surface area contributed by atoms with Crippen LogP contribution in [-0.2, 0) is 21.2 Å². The number of aromatic nitrogens is 1. The maximum atomic E-state index is 12.5. The molecule has 0 radical (unpaired) electrons. The van der Waals surface area contributed by atoms with Gasteiger partial charge in [0.2, 0.25) is 15.9 Å². The van der Waals surface area contributed by atoms with Gasteiger partial charge in [-0.2, -0.15) is 0 Å². The van der Waals surface area contributed by atoms with Crippen LogP contribution < -0.4 is 10.5 Å². The van der Waals surface area contributed by atoms with Gasteiger partial charge in [0.25, 0.3) is 0 Å². The van der Waals surface area contributed by atoms with Crippen molar-refractivity contribution in [3.8, 4) is 0 Å². The van der Waals surface area contributed by atoms with Gasteiger partial charge in [-0.25, -0.2) is 18.5 Å². The number of hydrogen-bond acceptors (Lipinski definition) is 6. The molecule has 2 heterocycles. The molecule has 7 nitrogen and oxygen atoms in total. The number of thiazole rings is 1. The van der Waals surface area contributed by atoms with Crippen LogP contribution >= 0.6 is 11.3 Å². The Labute approximate surface area is 180 Å². The number of rotatable bonds is 7. The molecule has 1 fully saturated rings. The molecule has 0 bridgehead atoms. The van der Waals surface area contributed by atoms with Crippen LogP contribution in [0.3, 0.4) is 0 Å². The van der Waals surface area contributed by atoms with E-state index in [0.717, 1.165) is 35.5 Å². The fourth-order valence-electron chi connectivity index (χ4n) is 3.76. The van der Waals surface area contributed by atoms with Gasteiger partial charge in [-0.1, -0.05) is 24.3 Å². The zero-order valence-corrected chi connectivity index (χ0v) is 18.1. The Bertz CT molecular complexity index is 1110. The fourth-order valence-corrected chi connectivity index (χ4v) is 5.41. The van der Waals surface area contributed by atoms with Crippen molar-refractivity contribution < 1.29 is 13.2 Å². The van der Waals surface area contributed by atoms with Crippen molar-refractivity contribution >= 4 is 37.5 Å². The molecule has 30 heavy (non-hydrogen) atoms. The van der Waals surface area contributed by atoms with E-state index in [1.807, 2.05) is 18.2 Å². The van der Waals surface area contributed by atoms with Gasteiger partial charge in [0.05, 0.1) is 27.7 Å². The van der Waals surface area contributed by atoms with Crippen molar-refractivity contribution in [2.24, 2.45) is 5.14 Å². The Balaban J connectivity index is 1.30. The molecule has 9 heteroatoms. The Hall–Kier alpha value is -2.33. The molecule has 1 atom stereocenters. The number of sulfonamides is 1. The summed E-state index contributed by atoms with van der Waals surface area (Å²) in [5.74, 6) is -0.0100. The summed E-state index contributed by atoms with van der Waals surface area (Å²) in [6, 6.07) is 14.7. The van der Waals surface area contributed by atoms with E-state index in [1.165, 1.54) is 16.8 Å². The number of nitrogens with zero attached hydrogens (tertiary/aromatic N) is 2. The minimum Gasteiger partial charge on any atom is -0.355 e. The fraction of sp³-hybridized carbons (Fsp3) is 0.333. The highest BCUT2D eigenvalue weighted by atomic mass is 32.2. The number of nitrogens with one attached hydrogen (secondary N) is 1. The summed E-state index contributed by atoms with van der Waals surface area (Å²) in [5.41, 5.74) is 1.96. The summed E-state index contributed by atoms with van der Waals surface area (Å²) in [7, 11) is -3.68. The number of nitrogens with two attached hydrogens (primary N) is 1. The van der Waals surface area contributed by atoms with Crippen LogP contribution in [0.25, 0.3) is 10.2 Å². The van der Waals surface area contributed by atoms with Gasteiger partial charge >= 0.3 is 0 Å². The number of fused-ring (bicyclic) bond motifs is 1. The van der Waals surface area contributed by atoms with Crippen LogP contribution in [-0.4, -0.2) is 43.8 Å². The minimum absolute atomic E-state index is 0.0100. The maximum Gasteiger partial charge on any atom is 0.238 e. The number of benzene rings is 2. The zero-order valence-electron chi connectivity index (χ0n) is 16.5. The van der Waals surface area contributed by atoms with E-state index in [-0.39, 0.29) is 16.8 Å². The highest BCUT2D eigenvalue weighted by Gasteiger charge is 2.29. The smallest absolute Gasteiger partial charge is 0.238 e. The van der Waals surface area contributed by atoms with Crippen molar-refractivity contribution in [3.63, 3.8) is 0 Å². The Morgan fingerprint density at radius 3 is 2.70 bits per heavy atom. The van der Waals surface area contributed by atoms with E-state index in [0.29, 0.717) is 19.5 Å². The molecule has 0 aliphatic carbocycles. The Morgan fingerprint density at radius 2 is 1.97 bits per heavy atom. The lowest BCUT2D eigenvalue weighted by Gasteiger charge is -2.22. The van der Waals surface area contributed by atoms with Crippen molar-refractivity contribution in [1.82, 2.24) is 15.2 Å². The summed E-state index contributed by atoms with van der Waals surface area (Å²) in [5, 5.41) is 9.15. The standard InChI is InChI=1S/C21H24N4O3S2/c22-30(27,28)16-9-7-15(8-10-16)11-12-23-20(26)14-25-13-3-5-18(25)21-24-17-4-1-2-6-19(17)29-21/h1-2,4,6-10,18H,3,5,11-14H2,(H,23,26)(H2,22,27,28)/t18-/m1/s1. The van der Waals surface area contributed by atoms with Crippen molar-refractivity contribution in [1.29, 1.82) is 0 Å². The summed E-state index contributed by atoms with van der Waals surface area (Å²) >= 11 is 1.71. The van der Waals surface area contributed by atoms with E-state index >= 15 is 0 Å². The van der Waals surface area contributed by atoms with Gasteiger partial charge in [0, 0.05) is 6.54 Å². The van der Waals surface area contributed by atoms with Crippen molar-refractivity contribution in [3.05, 3.63) is 59.1 Å². The molecule has 1 saturated heterocycles. The Kier molecular flexibility index (Phi) is 6.14. The highest BCUT2D eigenvalue weighted by Crippen LogP contribution is 2.36.